The normalized spacial score (nSPS) is 13.0. The van der Waals surface area contributed by atoms with E-state index in [0.29, 0.717) is 11.3 Å². The topological polar surface area (TPSA) is 67.4 Å². The lowest BCUT2D eigenvalue weighted by Crippen LogP contribution is -2.53. The van der Waals surface area contributed by atoms with Crippen LogP contribution in [0, 0.1) is 0 Å². The molecule has 166 valence electrons. The Labute approximate surface area is 185 Å². The van der Waals surface area contributed by atoms with E-state index >= 15 is 8.78 Å². The fourth-order valence-electron chi connectivity index (χ4n) is 3.30. The third kappa shape index (κ3) is 5.69. The Balaban J connectivity index is 1.86. The monoisotopic (exact) mass is 438 g/mol. The molecular formula is C25H24F2N2O3. The molecule has 7 heteroatoms. The molecule has 0 aliphatic rings. The zero-order valence-electron chi connectivity index (χ0n) is 17.5. The number of rotatable bonds is 9. The van der Waals surface area contributed by atoms with Crippen LogP contribution in [0.3, 0.4) is 0 Å². The highest BCUT2D eigenvalue weighted by Gasteiger charge is 2.49. The minimum Gasteiger partial charge on any atom is -0.467 e. The summed E-state index contributed by atoms with van der Waals surface area (Å²) in [5.41, 5.74) is 1.37. The highest BCUT2D eigenvalue weighted by Crippen LogP contribution is 2.35. The van der Waals surface area contributed by atoms with Crippen molar-refractivity contribution in [2.75, 3.05) is 12.4 Å². The lowest BCUT2D eigenvalue weighted by atomic mass is 9.98. The van der Waals surface area contributed by atoms with Crippen molar-refractivity contribution in [2.45, 2.75) is 24.4 Å². The molecule has 0 saturated heterocycles. The molecule has 2 atom stereocenters. The van der Waals surface area contributed by atoms with Crippen LogP contribution >= 0.6 is 0 Å². The van der Waals surface area contributed by atoms with Gasteiger partial charge in [0, 0.05) is 12.1 Å². The van der Waals surface area contributed by atoms with Crippen molar-refractivity contribution >= 4 is 17.6 Å². The van der Waals surface area contributed by atoms with E-state index < -0.39 is 29.9 Å². The fraction of sp³-hybridized carbons (Fsp3) is 0.200. The van der Waals surface area contributed by atoms with E-state index in [4.69, 9.17) is 4.74 Å². The number of para-hydroxylation sites is 1. The number of benzene rings is 3. The largest absolute Gasteiger partial charge is 0.467 e. The Morgan fingerprint density at radius 3 is 1.97 bits per heavy atom. The molecule has 5 nitrogen and oxygen atoms in total. The maximum absolute atomic E-state index is 15.5. The molecule has 0 radical (unpaired) electrons. The molecule has 0 bridgehead atoms. The molecule has 0 heterocycles. The maximum Gasteiger partial charge on any atom is 0.348 e. The van der Waals surface area contributed by atoms with Crippen LogP contribution in [0.1, 0.15) is 17.2 Å². The summed E-state index contributed by atoms with van der Waals surface area (Å²) in [7, 11) is 1.15. The predicted octanol–water partition coefficient (Wildman–Crippen LogP) is 4.38. The molecule has 0 aromatic heterocycles. The number of esters is 1. The molecule has 3 aromatic rings. The van der Waals surface area contributed by atoms with E-state index in [1.807, 2.05) is 0 Å². The van der Waals surface area contributed by atoms with Crippen LogP contribution in [0.15, 0.2) is 91.0 Å². The zero-order valence-corrected chi connectivity index (χ0v) is 17.5. The summed E-state index contributed by atoms with van der Waals surface area (Å²) in [5.74, 6) is -6.24. The molecule has 1 amide bonds. The molecule has 32 heavy (non-hydrogen) atoms. The Kier molecular flexibility index (Phi) is 7.54. The molecule has 3 aromatic carbocycles. The summed E-state index contributed by atoms with van der Waals surface area (Å²) in [5, 5.41) is 4.94. The summed E-state index contributed by atoms with van der Waals surface area (Å²) in [4.78, 5) is 25.0. The molecule has 0 spiro atoms. The molecule has 3 rings (SSSR count). The molecular weight excluding hydrogens is 414 g/mol. The van der Waals surface area contributed by atoms with E-state index in [1.165, 1.54) is 12.1 Å². The van der Waals surface area contributed by atoms with Crippen molar-refractivity contribution in [3.8, 4) is 0 Å². The quantitative estimate of drug-likeness (QED) is 0.487. The lowest BCUT2D eigenvalue weighted by Gasteiger charge is -2.29. The molecule has 0 aliphatic heterocycles. The number of amides is 1. The Morgan fingerprint density at radius 1 is 0.875 bits per heavy atom. The second-order valence-corrected chi connectivity index (χ2v) is 7.22. The number of nitrogens with one attached hydrogen (secondary N) is 2. The third-order valence-electron chi connectivity index (χ3n) is 4.96. The van der Waals surface area contributed by atoms with Crippen LogP contribution in [-0.4, -0.2) is 31.0 Å². The smallest absolute Gasteiger partial charge is 0.348 e. The third-order valence-corrected chi connectivity index (χ3v) is 4.96. The van der Waals surface area contributed by atoms with Gasteiger partial charge in [-0.1, -0.05) is 78.9 Å². The Morgan fingerprint density at radius 2 is 1.41 bits per heavy atom. The first-order chi connectivity index (χ1) is 15.4. The van der Waals surface area contributed by atoms with Crippen molar-refractivity contribution in [1.82, 2.24) is 5.32 Å². The van der Waals surface area contributed by atoms with Gasteiger partial charge in [-0.25, -0.2) is 4.79 Å². The van der Waals surface area contributed by atoms with Gasteiger partial charge in [0.15, 0.2) is 0 Å². The number of hydrogen-bond donors (Lipinski definition) is 2. The average molecular weight is 438 g/mol. The number of anilines is 1. The van der Waals surface area contributed by atoms with E-state index in [1.54, 1.807) is 78.9 Å². The first kappa shape index (κ1) is 22.9. The van der Waals surface area contributed by atoms with Crippen LogP contribution in [0.25, 0.3) is 0 Å². The van der Waals surface area contributed by atoms with Gasteiger partial charge in [0.05, 0.1) is 7.11 Å². The van der Waals surface area contributed by atoms with Crippen molar-refractivity contribution in [3.63, 3.8) is 0 Å². The Bertz CT molecular complexity index is 1020. The summed E-state index contributed by atoms with van der Waals surface area (Å²) in [6, 6.07) is 22.3. The van der Waals surface area contributed by atoms with Crippen LogP contribution in [-0.2, 0) is 20.7 Å². The second-order valence-electron chi connectivity index (χ2n) is 7.22. The number of ether oxygens (including phenoxy) is 1. The zero-order chi connectivity index (χ0) is 23.0. The van der Waals surface area contributed by atoms with Crippen LogP contribution in [0.4, 0.5) is 14.5 Å². The standard InChI is InChI=1S/C25H24F2N2O3/c1-32-23(30)21(17-18-11-5-2-6-12-18)29-24(31)25(26,27)22(19-13-7-3-8-14-19)28-20-15-9-4-10-16-20/h2-16,21-22,28H,17H2,1H3,(H,29,31)/t21-,22?/m0/s1. The van der Waals surface area contributed by atoms with Crippen LogP contribution < -0.4 is 10.6 Å². The van der Waals surface area contributed by atoms with Gasteiger partial charge in [0.1, 0.15) is 12.1 Å². The van der Waals surface area contributed by atoms with Gasteiger partial charge in [-0.2, -0.15) is 8.78 Å². The highest BCUT2D eigenvalue weighted by atomic mass is 19.3. The number of methoxy groups -OCH3 is 1. The van der Waals surface area contributed by atoms with Crippen molar-refractivity contribution < 1.29 is 23.1 Å². The average Bonchev–Trinajstić information content (AvgIpc) is 2.83. The van der Waals surface area contributed by atoms with E-state index in [-0.39, 0.29) is 12.0 Å². The van der Waals surface area contributed by atoms with Gasteiger partial charge in [0.2, 0.25) is 0 Å². The minimum atomic E-state index is -3.87. The van der Waals surface area contributed by atoms with Crippen LogP contribution in [0.2, 0.25) is 0 Å². The van der Waals surface area contributed by atoms with Gasteiger partial charge in [-0.05, 0) is 23.3 Å². The van der Waals surface area contributed by atoms with Gasteiger partial charge >= 0.3 is 11.9 Å². The number of carbonyl (C=O) groups excluding carboxylic acids is 2. The van der Waals surface area contributed by atoms with Crippen molar-refractivity contribution in [1.29, 1.82) is 0 Å². The van der Waals surface area contributed by atoms with Gasteiger partial charge in [-0.15, -0.1) is 0 Å². The summed E-state index contributed by atoms with van der Waals surface area (Å²) in [6.45, 7) is 0. The molecule has 0 aliphatic carbocycles. The van der Waals surface area contributed by atoms with Gasteiger partial charge in [0.25, 0.3) is 5.91 Å². The number of halogens is 2. The summed E-state index contributed by atoms with van der Waals surface area (Å²) >= 11 is 0. The Hall–Kier alpha value is -3.74. The fourth-order valence-corrected chi connectivity index (χ4v) is 3.30. The number of carbonyl (C=O) groups is 2. The number of alkyl halides is 2. The molecule has 0 fully saturated rings. The van der Waals surface area contributed by atoms with E-state index in [2.05, 4.69) is 10.6 Å². The summed E-state index contributed by atoms with van der Waals surface area (Å²) in [6.07, 6.45) is 0.0252. The van der Waals surface area contributed by atoms with Gasteiger partial charge < -0.3 is 15.4 Å². The van der Waals surface area contributed by atoms with Gasteiger partial charge in [-0.3, -0.25) is 4.79 Å². The van der Waals surface area contributed by atoms with Crippen molar-refractivity contribution in [3.05, 3.63) is 102 Å². The SMILES string of the molecule is COC(=O)[C@H](Cc1ccccc1)NC(=O)C(F)(F)C(Nc1ccccc1)c1ccccc1. The van der Waals surface area contributed by atoms with Crippen LogP contribution in [0.5, 0.6) is 0 Å². The van der Waals surface area contributed by atoms with E-state index in [9.17, 15) is 9.59 Å². The molecule has 0 saturated carbocycles. The summed E-state index contributed by atoms with van der Waals surface area (Å²) < 4.78 is 35.7. The second kappa shape index (κ2) is 10.5. The van der Waals surface area contributed by atoms with Crippen molar-refractivity contribution in [2.24, 2.45) is 0 Å². The highest BCUT2D eigenvalue weighted by molar-refractivity contribution is 5.89. The molecule has 1 unspecified atom stereocenters. The number of hydrogen-bond acceptors (Lipinski definition) is 4. The lowest BCUT2D eigenvalue weighted by molar-refractivity contribution is -0.154. The minimum absolute atomic E-state index is 0.0252. The first-order valence-corrected chi connectivity index (χ1v) is 10.1. The van der Waals surface area contributed by atoms with E-state index in [0.717, 1.165) is 7.11 Å². The first-order valence-electron chi connectivity index (χ1n) is 10.1. The molecule has 2 N–H and O–H groups in total. The predicted molar refractivity (Wildman–Crippen MR) is 118 cm³/mol. The maximum atomic E-state index is 15.5.